The lowest BCUT2D eigenvalue weighted by atomic mass is 9.97. The predicted molar refractivity (Wildman–Crippen MR) is 94.3 cm³/mol. The van der Waals surface area contributed by atoms with Gasteiger partial charge in [0.05, 0.1) is 19.3 Å². The molecule has 3 fully saturated rings. The first kappa shape index (κ1) is 25.1. The molecule has 9 unspecified atom stereocenters. The lowest BCUT2D eigenvalue weighted by molar-refractivity contribution is -0.326. The summed E-state index contributed by atoms with van der Waals surface area (Å²) in [6.07, 6.45) is -12.4. The van der Waals surface area contributed by atoms with Crippen molar-refractivity contribution < 1.29 is 68.2 Å². The van der Waals surface area contributed by atoms with E-state index in [0.29, 0.717) is 0 Å². The van der Waals surface area contributed by atoms with Crippen molar-refractivity contribution in [1.82, 2.24) is 0 Å². The Morgan fingerprint density at radius 1 is 0.968 bits per heavy atom. The van der Waals surface area contributed by atoms with Gasteiger partial charge in [-0.15, -0.1) is 0 Å². The summed E-state index contributed by atoms with van der Waals surface area (Å²) in [6, 6.07) is 0. The molecule has 3 aliphatic heterocycles. The smallest absolute Gasteiger partial charge is 0.394 e. The van der Waals surface area contributed by atoms with Crippen LogP contribution in [0, 0.1) is 0 Å². The molecule has 3 aliphatic rings. The van der Waals surface area contributed by atoms with Gasteiger partial charge < -0.3 is 33.9 Å². The van der Waals surface area contributed by atoms with Crippen LogP contribution in [0.25, 0.3) is 0 Å². The third kappa shape index (κ3) is 5.69. The molecule has 10 atom stereocenters. The fourth-order valence-electron chi connectivity index (χ4n) is 3.90. The third-order valence-corrected chi connectivity index (χ3v) is 6.07. The van der Waals surface area contributed by atoms with Gasteiger partial charge in [-0.1, -0.05) is 0 Å². The van der Waals surface area contributed by atoms with Crippen LogP contribution in [0.3, 0.4) is 0 Å². The molecule has 31 heavy (non-hydrogen) atoms. The van der Waals surface area contributed by atoms with Gasteiger partial charge in [0.25, 0.3) is 0 Å². The Morgan fingerprint density at radius 2 is 1.58 bits per heavy atom. The Hall–Kier alpha value is -0.540. The van der Waals surface area contributed by atoms with Crippen LogP contribution in [0.2, 0.25) is 0 Å². The van der Waals surface area contributed by atoms with E-state index in [-0.39, 0.29) is 6.61 Å². The lowest BCUT2D eigenvalue weighted by Crippen LogP contribution is -2.63. The Kier molecular flexibility index (Phi) is 7.58. The summed E-state index contributed by atoms with van der Waals surface area (Å²) in [5.74, 6) is 0. The van der Waals surface area contributed by atoms with Crippen molar-refractivity contribution in [3.05, 3.63) is 0 Å². The predicted octanol–water partition coefficient (Wildman–Crippen LogP) is -2.97. The van der Waals surface area contributed by atoms with Gasteiger partial charge in [-0.3, -0.25) is 9.11 Å². The maximum absolute atomic E-state index is 11.2. The van der Waals surface area contributed by atoms with Gasteiger partial charge in [-0.2, -0.15) is 16.8 Å². The second-order valence-electron chi connectivity index (χ2n) is 7.17. The number of aliphatic hydroxyl groups is 2. The van der Waals surface area contributed by atoms with Gasteiger partial charge in [0.1, 0.15) is 48.8 Å². The number of aliphatic hydroxyl groups excluding tert-OH is 2. The normalized spacial score (nSPS) is 43.8. The molecule has 2 bridgehead atoms. The van der Waals surface area contributed by atoms with Crippen molar-refractivity contribution in [3.63, 3.8) is 0 Å². The minimum atomic E-state index is -4.98. The number of fused-ring (bicyclic) bond motifs is 2. The van der Waals surface area contributed by atoms with Gasteiger partial charge in [-0.05, 0) is 6.92 Å². The Bertz CT molecular complexity index is 831. The topological polar surface area (TPSA) is 214 Å². The number of rotatable bonds is 8. The number of hydrogen-bond acceptors (Lipinski definition) is 13. The lowest BCUT2D eigenvalue weighted by Gasteiger charge is -2.45. The number of hydrogen-bond donors (Lipinski definition) is 4. The SMILES string of the molecule is COC1C(O)C(OC2C3CO[C@H]2C(OS(=O)(=O)O)C(C)O3)OC(CO)C1OS(=O)(=O)O. The molecule has 0 aromatic rings. The molecule has 15 nitrogen and oxygen atoms in total. The quantitative estimate of drug-likeness (QED) is 0.247. The van der Waals surface area contributed by atoms with E-state index in [2.05, 4.69) is 8.37 Å². The van der Waals surface area contributed by atoms with Crippen molar-refractivity contribution in [3.8, 4) is 0 Å². The van der Waals surface area contributed by atoms with Gasteiger partial charge in [0, 0.05) is 7.11 Å². The number of ether oxygens (including phenoxy) is 5. The second kappa shape index (κ2) is 9.37. The van der Waals surface area contributed by atoms with Crippen molar-refractivity contribution >= 4 is 20.8 Å². The second-order valence-corrected chi connectivity index (χ2v) is 9.27. The highest BCUT2D eigenvalue weighted by Crippen LogP contribution is 2.37. The molecule has 3 saturated heterocycles. The molecular weight excluding hydrogens is 472 g/mol. The van der Waals surface area contributed by atoms with Crippen LogP contribution in [0.5, 0.6) is 0 Å². The van der Waals surface area contributed by atoms with E-state index < -0.39 is 88.6 Å². The van der Waals surface area contributed by atoms with Crippen LogP contribution in [0.15, 0.2) is 0 Å². The molecule has 182 valence electrons. The fourth-order valence-corrected chi connectivity index (χ4v) is 4.96. The van der Waals surface area contributed by atoms with Crippen LogP contribution in [-0.4, -0.2) is 118 Å². The zero-order valence-corrected chi connectivity index (χ0v) is 17.9. The summed E-state index contributed by atoms with van der Waals surface area (Å²) in [5, 5.41) is 20.1. The Balaban J connectivity index is 1.79. The van der Waals surface area contributed by atoms with Gasteiger partial charge in [0.2, 0.25) is 0 Å². The third-order valence-electron chi connectivity index (χ3n) is 5.14. The summed E-state index contributed by atoms with van der Waals surface area (Å²) >= 11 is 0. The highest BCUT2D eigenvalue weighted by atomic mass is 32.3. The summed E-state index contributed by atoms with van der Waals surface area (Å²) in [7, 11) is -8.70. The Morgan fingerprint density at radius 3 is 2.13 bits per heavy atom. The van der Waals surface area contributed by atoms with Crippen molar-refractivity contribution in [2.45, 2.75) is 68.1 Å². The molecule has 0 saturated carbocycles. The van der Waals surface area contributed by atoms with E-state index in [1.807, 2.05) is 0 Å². The highest BCUT2D eigenvalue weighted by molar-refractivity contribution is 7.81. The van der Waals surface area contributed by atoms with E-state index in [1.165, 1.54) is 6.92 Å². The van der Waals surface area contributed by atoms with Crippen LogP contribution < -0.4 is 0 Å². The van der Waals surface area contributed by atoms with E-state index in [0.717, 1.165) is 7.11 Å². The van der Waals surface area contributed by atoms with E-state index in [9.17, 15) is 27.0 Å². The monoisotopic (exact) mass is 496 g/mol. The maximum atomic E-state index is 11.2. The summed E-state index contributed by atoms with van der Waals surface area (Å²) in [5.41, 5.74) is 0. The van der Waals surface area contributed by atoms with Crippen LogP contribution >= 0.6 is 0 Å². The minimum Gasteiger partial charge on any atom is -0.394 e. The molecule has 0 aliphatic carbocycles. The standard InChI is InChI=1S/C14H24O15S2/c1-5-9(28-30(17,18)19)13-10(7(25-5)4-24-13)27-14-8(16)12(23-2)11(6(3-15)26-14)29-31(20,21)22/h5-16H,3-4H2,1-2H3,(H,17,18,19)(H,20,21,22)/t5?,6?,7?,8?,9?,10?,11?,12?,13-,14?/m0/s1. The molecular formula is C14H24O15S2. The van der Waals surface area contributed by atoms with Crippen LogP contribution in [0.1, 0.15) is 6.92 Å². The van der Waals surface area contributed by atoms with E-state index in [4.69, 9.17) is 32.8 Å². The minimum absolute atomic E-state index is 0.0144. The van der Waals surface area contributed by atoms with E-state index in [1.54, 1.807) is 0 Å². The van der Waals surface area contributed by atoms with Crippen LogP contribution in [-0.2, 0) is 52.8 Å². The average Bonchev–Trinajstić information content (AvgIpc) is 2.94. The molecule has 0 aromatic heterocycles. The molecule has 0 spiro atoms. The van der Waals surface area contributed by atoms with Crippen molar-refractivity contribution in [2.75, 3.05) is 20.3 Å². The van der Waals surface area contributed by atoms with Crippen molar-refractivity contribution in [2.24, 2.45) is 0 Å². The molecule has 0 amide bonds. The van der Waals surface area contributed by atoms with Gasteiger partial charge in [0.15, 0.2) is 6.29 Å². The first-order valence-electron chi connectivity index (χ1n) is 9.05. The number of methoxy groups -OCH3 is 1. The summed E-state index contributed by atoms with van der Waals surface area (Å²) in [4.78, 5) is 0. The molecule has 17 heteroatoms. The Labute approximate surface area is 178 Å². The zero-order chi connectivity index (χ0) is 23.1. The van der Waals surface area contributed by atoms with Crippen LogP contribution in [0.4, 0.5) is 0 Å². The molecule has 0 aromatic carbocycles. The van der Waals surface area contributed by atoms with E-state index >= 15 is 0 Å². The van der Waals surface area contributed by atoms with Gasteiger partial charge in [-0.25, -0.2) is 8.37 Å². The summed E-state index contributed by atoms with van der Waals surface area (Å²) in [6.45, 7) is 0.703. The van der Waals surface area contributed by atoms with Gasteiger partial charge >= 0.3 is 20.8 Å². The summed E-state index contributed by atoms with van der Waals surface area (Å²) < 4.78 is 99.0. The first-order chi connectivity index (χ1) is 14.3. The maximum Gasteiger partial charge on any atom is 0.397 e. The largest absolute Gasteiger partial charge is 0.397 e. The highest BCUT2D eigenvalue weighted by Gasteiger charge is 2.56. The fraction of sp³-hybridized carbons (Fsp3) is 1.00. The average molecular weight is 496 g/mol. The molecule has 3 heterocycles. The molecule has 3 rings (SSSR count). The van der Waals surface area contributed by atoms with Crippen molar-refractivity contribution in [1.29, 1.82) is 0 Å². The first-order valence-corrected chi connectivity index (χ1v) is 11.8. The zero-order valence-electron chi connectivity index (χ0n) is 16.3. The molecule has 4 N–H and O–H groups in total. The molecule has 0 radical (unpaired) electrons.